The molecule has 0 radical (unpaired) electrons. The zero-order valence-electron chi connectivity index (χ0n) is 24.2. The highest BCUT2D eigenvalue weighted by Crippen LogP contribution is 2.30. The van der Waals surface area contributed by atoms with Gasteiger partial charge < -0.3 is 10.2 Å². The van der Waals surface area contributed by atoms with Gasteiger partial charge in [-0.05, 0) is 82.5 Å². The fraction of sp³-hybridized carbons (Fsp3) is 0.355. The molecule has 0 aliphatic rings. The topological polar surface area (TPSA) is 86.8 Å². The number of carbonyl (C=O) groups excluding carboxylic acids is 2. The molecule has 0 unspecified atom stereocenters. The summed E-state index contributed by atoms with van der Waals surface area (Å²) in [5, 5.41) is 3.59. The van der Waals surface area contributed by atoms with Crippen LogP contribution >= 0.6 is 23.2 Å². The van der Waals surface area contributed by atoms with E-state index in [9.17, 15) is 18.0 Å². The first-order valence-corrected chi connectivity index (χ1v) is 15.6. The van der Waals surface area contributed by atoms with E-state index < -0.39 is 28.5 Å². The summed E-state index contributed by atoms with van der Waals surface area (Å²) >= 11 is 12.9. The Morgan fingerprint density at radius 1 is 0.902 bits per heavy atom. The molecule has 0 aliphatic heterocycles. The first-order valence-electron chi connectivity index (χ1n) is 13.5. The molecule has 0 aromatic heterocycles. The third kappa shape index (κ3) is 7.82. The normalized spacial score (nSPS) is 12.9. The molecular formula is C31H37Cl2N3O4S. The Kier molecular flexibility index (Phi) is 10.9. The Hall–Kier alpha value is -3.07. The van der Waals surface area contributed by atoms with E-state index in [4.69, 9.17) is 23.2 Å². The maximum absolute atomic E-state index is 14.1. The van der Waals surface area contributed by atoms with Gasteiger partial charge in [-0.25, -0.2) is 8.42 Å². The van der Waals surface area contributed by atoms with Gasteiger partial charge in [0, 0.05) is 28.2 Å². The van der Waals surface area contributed by atoms with Gasteiger partial charge in [0.25, 0.3) is 10.0 Å². The number of benzene rings is 3. The van der Waals surface area contributed by atoms with E-state index in [1.54, 1.807) is 50.2 Å². The van der Waals surface area contributed by atoms with Crippen molar-refractivity contribution in [2.45, 2.75) is 71.5 Å². The third-order valence-electron chi connectivity index (χ3n) is 7.08. The van der Waals surface area contributed by atoms with E-state index in [-0.39, 0.29) is 23.4 Å². The number of halogens is 2. The van der Waals surface area contributed by atoms with Gasteiger partial charge in [0.05, 0.1) is 10.6 Å². The van der Waals surface area contributed by atoms with Crippen LogP contribution < -0.4 is 9.62 Å². The maximum atomic E-state index is 14.1. The molecule has 1 N–H and O–H groups in total. The molecule has 10 heteroatoms. The van der Waals surface area contributed by atoms with Gasteiger partial charge in [0.2, 0.25) is 11.8 Å². The van der Waals surface area contributed by atoms with Crippen LogP contribution in [0.15, 0.2) is 65.6 Å². The standard InChI is InChI=1S/C31H37Cl2N3O4S/c1-7-23(5)34-31(38)24(6)35(18-26-27(32)9-8-10-28(26)33)30(37)19-36(29-17-21(3)11-14-22(29)4)41(39,40)25-15-12-20(2)13-16-25/h8-17,23-24H,7,18-19H2,1-6H3,(H,34,38)/t23-,24-/m0/s1. The zero-order chi connectivity index (χ0) is 30.5. The van der Waals surface area contributed by atoms with Crippen LogP contribution in [0.25, 0.3) is 0 Å². The molecule has 0 saturated carbocycles. The van der Waals surface area contributed by atoms with Gasteiger partial charge in [0.15, 0.2) is 0 Å². The summed E-state index contributed by atoms with van der Waals surface area (Å²) in [6, 6.07) is 15.9. The molecule has 0 heterocycles. The van der Waals surface area contributed by atoms with Crippen LogP contribution in [0.5, 0.6) is 0 Å². The summed E-state index contributed by atoms with van der Waals surface area (Å²) in [7, 11) is -4.16. The van der Waals surface area contributed by atoms with Gasteiger partial charge in [0.1, 0.15) is 12.6 Å². The molecule has 3 aromatic carbocycles. The predicted octanol–water partition coefficient (Wildman–Crippen LogP) is 6.45. The highest BCUT2D eigenvalue weighted by molar-refractivity contribution is 7.92. The minimum absolute atomic E-state index is 0.0556. The van der Waals surface area contributed by atoms with E-state index >= 15 is 0 Å². The quantitative estimate of drug-likeness (QED) is 0.268. The van der Waals surface area contributed by atoms with Crippen molar-refractivity contribution in [3.63, 3.8) is 0 Å². The Morgan fingerprint density at radius 2 is 1.49 bits per heavy atom. The van der Waals surface area contributed by atoms with Gasteiger partial charge in [-0.3, -0.25) is 13.9 Å². The van der Waals surface area contributed by atoms with Crippen molar-refractivity contribution in [2.24, 2.45) is 0 Å². The second-order valence-electron chi connectivity index (χ2n) is 10.3. The molecule has 2 atom stereocenters. The lowest BCUT2D eigenvalue weighted by Gasteiger charge is -2.33. The smallest absolute Gasteiger partial charge is 0.264 e. The lowest BCUT2D eigenvalue weighted by atomic mass is 10.1. The fourth-order valence-corrected chi connectivity index (χ4v) is 6.23. The number of nitrogens with one attached hydrogen (secondary N) is 1. The van der Waals surface area contributed by atoms with E-state index in [1.807, 2.05) is 39.8 Å². The maximum Gasteiger partial charge on any atom is 0.264 e. The number of rotatable bonds is 11. The summed E-state index contributed by atoms with van der Waals surface area (Å²) in [4.78, 5) is 28.7. The monoisotopic (exact) mass is 617 g/mol. The van der Waals surface area contributed by atoms with Crippen LogP contribution in [0, 0.1) is 20.8 Å². The highest BCUT2D eigenvalue weighted by Gasteiger charge is 2.34. The van der Waals surface area contributed by atoms with Crippen molar-refractivity contribution in [2.75, 3.05) is 10.8 Å². The van der Waals surface area contributed by atoms with Gasteiger partial charge in [-0.1, -0.05) is 66.0 Å². The summed E-state index contributed by atoms with van der Waals surface area (Å²) in [5.41, 5.74) is 3.27. The Bertz CT molecular complexity index is 1490. The molecule has 0 aliphatic carbocycles. The zero-order valence-corrected chi connectivity index (χ0v) is 26.6. The van der Waals surface area contributed by atoms with E-state index in [2.05, 4.69) is 5.32 Å². The number of hydrogen-bond acceptors (Lipinski definition) is 4. The summed E-state index contributed by atoms with van der Waals surface area (Å²) in [5.74, 6) is -0.945. The second-order valence-corrected chi connectivity index (χ2v) is 13.0. The minimum atomic E-state index is -4.16. The molecular weight excluding hydrogens is 581 g/mol. The minimum Gasteiger partial charge on any atom is -0.352 e. The first-order chi connectivity index (χ1) is 19.3. The van der Waals surface area contributed by atoms with E-state index in [0.717, 1.165) is 15.4 Å². The van der Waals surface area contributed by atoms with E-state index in [1.165, 1.54) is 17.0 Å². The molecule has 3 rings (SSSR count). The van der Waals surface area contributed by atoms with Crippen LogP contribution in [0.2, 0.25) is 10.0 Å². The van der Waals surface area contributed by atoms with Crippen LogP contribution in [-0.2, 0) is 26.2 Å². The van der Waals surface area contributed by atoms with Crippen LogP contribution in [-0.4, -0.2) is 43.8 Å². The summed E-state index contributed by atoms with van der Waals surface area (Å²) in [6.07, 6.45) is 0.706. The molecule has 0 bridgehead atoms. The fourth-order valence-electron chi connectivity index (χ4n) is 4.24. The van der Waals surface area contributed by atoms with E-state index in [0.29, 0.717) is 33.3 Å². The van der Waals surface area contributed by atoms with Crippen molar-refractivity contribution in [1.82, 2.24) is 10.2 Å². The number of sulfonamides is 1. The van der Waals surface area contributed by atoms with Crippen molar-refractivity contribution in [1.29, 1.82) is 0 Å². The SMILES string of the molecule is CC[C@H](C)NC(=O)[C@H](C)N(Cc1c(Cl)cccc1Cl)C(=O)CN(c1cc(C)ccc1C)S(=O)(=O)c1ccc(C)cc1. The summed E-state index contributed by atoms with van der Waals surface area (Å²) < 4.78 is 29.2. The van der Waals surface area contributed by atoms with Crippen molar-refractivity contribution in [3.05, 3.63) is 93.0 Å². The number of carbonyl (C=O) groups is 2. The number of aryl methyl sites for hydroxylation is 3. The van der Waals surface area contributed by atoms with Crippen LogP contribution in [0.1, 0.15) is 49.4 Å². The molecule has 7 nitrogen and oxygen atoms in total. The Labute approximate surface area is 253 Å². The van der Waals surface area contributed by atoms with Crippen molar-refractivity contribution in [3.8, 4) is 0 Å². The number of anilines is 1. The van der Waals surface area contributed by atoms with Gasteiger partial charge in [-0.15, -0.1) is 0 Å². The second kappa shape index (κ2) is 13.7. The number of amides is 2. The Balaban J connectivity index is 2.11. The van der Waals surface area contributed by atoms with Crippen molar-refractivity contribution >= 4 is 50.7 Å². The van der Waals surface area contributed by atoms with Crippen LogP contribution in [0.3, 0.4) is 0 Å². The molecule has 0 saturated heterocycles. The molecule has 41 heavy (non-hydrogen) atoms. The molecule has 0 spiro atoms. The average Bonchev–Trinajstić information content (AvgIpc) is 2.92. The number of hydrogen-bond donors (Lipinski definition) is 1. The van der Waals surface area contributed by atoms with Gasteiger partial charge >= 0.3 is 0 Å². The average molecular weight is 619 g/mol. The third-order valence-corrected chi connectivity index (χ3v) is 9.56. The Morgan fingerprint density at radius 3 is 2.07 bits per heavy atom. The largest absolute Gasteiger partial charge is 0.352 e. The lowest BCUT2D eigenvalue weighted by Crippen LogP contribution is -2.52. The molecule has 0 fully saturated rings. The molecule has 220 valence electrons. The first kappa shape index (κ1) is 32.4. The number of nitrogens with zero attached hydrogens (tertiary/aromatic N) is 2. The van der Waals surface area contributed by atoms with Crippen molar-refractivity contribution < 1.29 is 18.0 Å². The predicted molar refractivity (Wildman–Crippen MR) is 166 cm³/mol. The highest BCUT2D eigenvalue weighted by atomic mass is 35.5. The lowest BCUT2D eigenvalue weighted by molar-refractivity contribution is -0.139. The van der Waals surface area contributed by atoms with Gasteiger partial charge in [-0.2, -0.15) is 0 Å². The molecule has 3 aromatic rings. The van der Waals surface area contributed by atoms with Crippen LogP contribution in [0.4, 0.5) is 5.69 Å². The molecule has 2 amide bonds. The summed E-state index contributed by atoms with van der Waals surface area (Å²) in [6.45, 7) is 10.3.